The summed E-state index contributed by atoms with van der Waals surface area (Å²) in [6.45, 7) is 5.46. The second kappa shape index (κ2) is 11.3. The number of carbonyl (C=O) groups is 2. The molecule has 0 radical (unpaired) electrons. The van der Waals surface area contributed by atoms with Crippen molar-refractivity contribution < 1.29 is 14.3 Å². The van der Waals surface area contributed by atoms with Gasteiger partial charge >= 0.3 is 0 Å². The summed E-state index contributed by atoms with van der Waals surface area (Å²) < 4.78 is 5.37. The highest BCUT2D eigenvalue weighted by Gasteiger charge is 2.16. The van der Waals surface area contributed by atoms with Crippen molar-refractivity contribution in [1.29, 1.82) is 0 Å². The zero-order valence-electron chi connectivity index (χ0n) is 11.2. The molecule has 0 rings (SSSR count). The first-order chi connectivity index (χ1) is 8.61. The molecular weight excluding hydrogens is 252 g/mol. The largest absolute Gasteiger partial charge is 0.381 e. The Kier molecular flexibility index (Phi) is 10.9. The zero-order valence-corrected chi connectivity index (χ0v) is 12.1. The lowest BCUT2D eigenvalue weighted by molar-refractivity contribution is -0.127. The van der Waals surface area contributed by atoms with E-state index in [2.05, 4.69) is 30.2 Å². The Morgan fingerprint density at radius 2 is 1.94 bits per heavy atom. The molecule has 2 amide bonds. The number of amides is 2. The average molecular weight is 276 g/mol. The summed E-state index contributed by atoms with van der Waals surface area (Å²) >= 11 is 4.03. The van der Waals surface area contributed by atoms with E-state index in [1.54, 1.807) is 0 Å². The first-order valence-corrected chi connectivity index (χ1v) is 6.98. The van der Waals surface area contributed by atoms with Crippen LogP contribution in [0, 0.1) is 0 Å². The minimum Gasteiger partial charge on any atom is -0.381 e. The Morgan fingerprint density at radius 3 is 2.50 bits per heavy atom. The molecule has 0 aliphatic carbocycles. The minimum atomic E-state index is -0.563. The molecule has 0 aliphatic rings. The summed E-state index contributed by atoms with van der Waals surface area (Å²) in [6.07, 6.45) is 2.96. The van der Waals surface area contributed by atoms with E-state index in [-0.39, 0.29) is 11.8 Å². The van der Waals surface area contributed by atoms with E-state index in [1.165, 1.54) is 6.92 Å². The number of thiol groups is 1. The highest BCUT2D eigenvalue weighted by atomic mass is 32.1. The number of nitrogens with one attached hydrogen (secondary N) is 2. The predicted octanol–water partition coefficient (Wildman–Crippen LogP) is 0.744. The van der Waals surface area contributed by atoms with Crippen LogP contribution in [0.3, 0.4) is 0 Å². The average Bonchev–Trinajstić information content (AvgIpc) is 2.34. The molecule has 18 heavy (non-hydrogen) atoms. The van der Waals surface area contributed by atoms with Crippen molar-refractivity contribution in [2.75, 3.05) is 25.5 Å². The third-order valence-electron chi connectivity index (χ3n) is 2.28. The molecule has 5 nitrogen and oxygen atoms in total. The van der Waals surface area contributed by atoms with Crippen LogP contribution in [-0.2, 0) is 14.3 Å². The SMILES string of the molecule is CCCCOCCCNC(=O)C(CS)NC(C)=O. The molecule has 0 heterocycles. The lowest BCUT2D eigenvalue weighted by Gasteiger charge is -2.15. The highest BCUT2D eigenvalue weighted by molar-refractivity contribution is 7.80. The van der Waals surface area contributed by atoms with Crippen LogP contribution in [0.1, 0.15) is 33.1 Å². The Morgan fingerprint density at radius 1 is 1.28 bits per heavy atom. The van der Waals surface area contributed by atoms with Gasteiger partial charge in [0.1, 0.15) is 6.04 Å². The van der Waals surface area contributed by atoms with Gasteiger partial charge in [0.2, 0.25) is 11.8 Å². The fourth-order valence-corrected chi connectivity index (χ4v) is 1.55. The Labute approximate surface area is 114 Å². The monoisotopic (exact) mass is 276 g/mol. The van der Waals surface area contributed by atoms with E-state index < -0.39 is 6.04 Å². The molecule has 1 unspecified atom stereocenters. The Bertz CT molecular complexity index is 249. The number of rotatable bonds is 10. The summed E-state index contributed by atoms with van der Waals surface area (Å²) in [5.74, 6) is -0.140. The van der Waals surface area contributed by atoms with Gasteiger partial charge in [-0.15, -0.1) is 0 Å². The quantitative estimate of drug-likeness (QED) is 0.407. The van der Waals surface area contributed by atoms with Crippen molar-refractivity contribution in [2.45, 2.75) is 39.2 Å². The van der Waals surface area contributed by atoms with Gasteiger partial charge in [-0.25, -0.2) is 0 Å². The number of carbonyl (C=O) groups excluding carboxylic acids is 2. The molecule has 0 bridgehead atoms. The molecule has 0 spiro atoms. The molecule has 0 aromatic carbocycles. The van der Waals surface area contributed by atoms with E-state index in [4.69, 9.17) is 4.74 Å². The number of unbranched alkanes of at least 4 members (excludes halogenated alkanes) is 1. The van der Waals surface area contributed by atoms with Gasteiger partial charge < -0.3 is 15.4 Å². The van der Waals surface area contributed by atoms with Crippen LogP contribution in [0.5, 0.6) is 0 Å². The second-order valence-corrected chi connectivity index (χ2v) is 4.41. The van der Waals surface area contributed by atoms with E-state index in [0.717, 1.165) is 25.9 Å². The fraction of sp³-hybridized carbons (Fsp3) is 0.833. The molecule has 0 aliphatic heterocycles. The van der Waals surface area contributed by atoms with Gasteiger partial charge in [-0.3, -0.25) is 9.59 Å². The standard InChI is InChI=1S/C12H24N2O3S/c1-3-4-7-17-8-5-6-13-12(16)11(9-18)14-10(2)15/h11,18H,3-9H2,1-2H3,(H,13,16)(H,14,15). The van der Waals surface area contributed by atoms with Crippen molar-refractivity contribution in [3.63, 3.8) is 0 Å². The van der Waals surface area contributed by atoms with Crippen molar-refractivity contribution in [2.24, 2.45) is 0 Å². The third kappa shape index (κ3) is 9.30. The van der Waals surface area contributed by atoms with Crippen LogP contribution in [0.4, 0.5) is 0 Å². The summed E-state index contributed by atoms with van der Waals surface area (Å²) in [6, 6.07) is -0.563. The molecule has 106 valence electrons. The van der Waals surface area contributed by atoms with Gasteiger partial charge in [0, 0.05) is 32.4 Å². The van der Waals surface area contributed by atoms with Crippen LogP contribution in [0.25, 0.3) is 0 Å². The van der Waals surface area contributed by atoms with Crippen LogP contribution in [0.15, 0.2) is 0 Å². The lowest BCUT2D eigenvalue weighted by Crippen LogP contribution is -2.47. The maximum atomic E-state index is 11.6. The van der Waals surface area contributed by atoms with Crippen molar-refractivity contribution >= 4 is 24.4 Å². The van der Waals surface area contributed by atoms with E-state index in [1.807, 2.05) is 0 Å². The van der Waals surface area contributed by atoms with Crippen molar-refractivity contribution in [3.05, 3.63) is 0 Å². The van der Waals surface area contributed by atoms with Gasteiger partial charge in [-0.05, 0) is 12.8 Å². The summed E-state index contributed by atoms with van der Waals surface area (Å²) in [4.78, 5) is 22.5. The topological polar surface area (TPSA) is 67.4 Å². The van der Waals surface area contributed by atoms with E-state index >= 15 is 0 Å². The van der Waals surface area contributed by atoms with Crippen LogP contribution in [0.2, 0.25) is 0 Å². The number of hydrogen-bond acceptors (Lipinski definition) is 4. The number of hydrogen-bond donors (Lipinski definition) is 3. The molecule has 0 aromatic rings. The van der Waals surface area contributed by atoms with E-state index in [0.29, 0.717) is 18.9 Å². The van der Waals surface area contributed by atoms with Crippen LogP contribution < -0.4 is 10.6 Å². The third-order valence-corrected chi connectivity index (χ3v) is 2.65. The summed E-state index contributed by atoms with van der Waals surface area (Å²) in [7, 11) is 0. The van der Waals surface area contributed by atoms with Gasteiger partial charge in [0.15, 0.2) is 0 Å². The molecule has 0 aromatic heterocycles. The smallest absolute Gasteiger partial charge is 0.243 e. The second-order valence-electron chi connectivity index (χ2n) is 4.05. The molecular formula is C12H24N2O3S. The van der Waals surface area contributed by atoms with E-state index in [9.17, 15) is 9.59 Å². The summed E-state index contributed by atoms with van der Waals surface area (Å²) in [5.41, 5.74) is 0. The molecule has 6 heteroatoms. The van der Waals surface area contributed by atoms with Crippen molar-refractivity contribution in [3.8, 4) is 0 Å². The normalized spacial score (nSPS) is 11.9. The maximum absolute atomic E-state index is 11.6. The molecule has 0 fully saturated rings. The minimum absolute atomic E-state index is 0.200. The Balaban J connectivity index is 3.59. The van der Waals surface area contributed by atoms with Gasteiger partial charge in [0.05, 0.1) is 0 Å². The Hall–Kier alpha value is -0.750. The highest BCUT2D eigenvalue weighted by Crippen LogP contribution is 1.91. The maximum Gasteiger partial charge on any atom is 0.243 e. The first kappa shape index (κ1) is 17.2. The first-order valence-electron chi connectivity index (χ1n) is 6.35. The number of ether oxygens (including phenoxy) is 1. The molecule has 0 saturated carbocycles. The molecule has 1 atom stereocenters. The molecule has 2 N–H and O–H groups in total. The fourth-order valence-electron chi connectivity index (χ4n) is 1.30. The predicted molar refractivity (Wildman–Crippen MR) is 74.8 cm³/mol. The van der Waals surface area contributed by atoms with Gasteiger partial charge in [0.25, 0.3) is 0 Å². The van der Waals surface area contributed by atoms with Gasteiger partial charge in [-0.2, -0.15) is 12.6 Å². The summed E-state index contributed by atoms with van der Waals surface area (Å²) in [5, 5.41) is 5.29. The molecule has 0 saturated heterocycles. The lowest BCUT2D eigenvalue weighted by atomic mass is 10.3. The van der Waals surface area contributed by atoms with Crippen molar-refractivity contribution in [1.82, 2.24) is 10.6 Å². The van der Waals surface area contributed by atoms with Crippen LogP contribution >= 0.6 is 12.6 Å². The van der Waals surface area contributed by atoms with Gasteiger partial charge in [-0.1, -0.05) is 13.3 Å². The zero-order chi connectivity index (χ0) is 13.8. The van der Waals surface area contributed by atoms with Crippen LogP contribution in [-0.4, -0.2) is 43.4 Å².